The molecule has 128 valence electrons. The van der Waals surface area contributed by atoms with Gasteiger partial charge in [0.15, 0.2) is 0 Å². The van der Waals surface area contributed by atoms with Crippen LogP contribution in [0.1, 0.15) is 12.1 Å². The highest BCUT2D eigenvalue weighted by molar-refractivity contribution is 8.26. The van der Waals surface area contributed by atoms with Crippen LogP contribution in [0, 0.1) is 0 Å². The number of carbonyl (C=O) groups excluding carboxylic acids is 2. The third-order valence-electron chi connectivity index (χ3n) is 3.62. The molecule has 1 fully saturated rings. The molecule has 0 bridgehead atoms. The first-order chi connectivity index (χ1) is 12.0. The van der Waals surface area contributed by atoms with Crippen molar-refractivity contribution < 1.29 is 19.4 Å². The molecule has 2 heterocycles. The minimum absolute atomic E-state index is 0.00329. The summed E-state index contributed by atoms with van der Waals surface area (Å²) in [4.78, 5) is 29.2. The van der Waals surface area contributed by atoms with Gasteiger partial charge >= 0.3 is 0 Å². The number of methoxy groups -OCH3 is 1. The Morgan fingerprint density at radius 2 is 2.20 bits per heavy atom. The number of hydrogen-bond donors (Lipinski definition) is 0. The van der Waals surface area contributed by atoms with Crippen LogP contribution in [0.5, 0.6) is 5.75 Å². The van der Waals surface area contributed by atoms with Crippen molar-refractivity contribution in [2.75, 3.05) is 13.7 Å². The van der Waals surface area contributed by atoms with Gasteiger partial charge in [-0.05, 0) is 18.2 Å². The highest BCUT2D eigenvalue weighted by atomic mass is 32.2. The van der Waals surface area contributed by atoms with Gasteiger partial charge in [0.05, 0.1) is 17.7 Å². The Balaban J connectivity index is 1.90. The number of hydrogen-bond acceptors (Lipinski definition) is 7. The van der Waals surface area contributed by atoms with E-state index in [9.17, 15) is 14.7 Å². The Labute approximate surface area is 153 Å². The first kappa shape index (κ1) is 17.4. The molecule has 2 aromatic rings. The van der Waals surface area contributed by atoms with Crippen molar-refractivity contribution in [3.8, 4) is 5.75 Å². The fourth-order valence-electron chi connectivity index (χ4n) is 2.41. The van der Waals surface area contributed by atoms with Crippen LogP contribution >= 0.6 is 24.0 Å². The standard InChI is InChI=1S/C17H14N2O4S2/c1-23-12-4-2-3-10-5-6-11(18-15(10)12)9-13-16(22)19(17(24)25-13)8-7-14(20)21/h2-6,9H,7-8H2,1H3,(H,20,21)/p-1/b13-9-. The highest BCUT2D eigenvalue weighted by Gasteiger charge is 2.31. The zero-order valence-corrected chi connectivity index (χ0v) is 14.9. The van der Waals surface area contributed by atoms with Gasteiger partial charge in [-0.1, -0.05) is 42.2 Å². The van der Waals surface area contributed by atoms with E-state index in [4.69, 9.17) is 17.0 Å². The van der Waals surface area contributed by atoms with Crippen molar-refractivity contribution in [3.63, 3.8) is 0 Å². The predicted octanol–water partition coefficient (Wildman–Crippen LogP) is 1.58. The van der Waals surface area contributed by atoms with Crippen LogP contribution in [-0.4, -0.2) is 39.7 Å². The Morgan fingerprint density at radius 3 is 2.92 bits per heavy atom. The van der Waals surface area contributed by atoms with Gasteiger partial charge < -0.3 is 14.6 Å². The van der Waals surface area contributed by atoms with Gasteiger partial charge in [0.2, 0.25) is 0 Å². The number of rotatable bonds is 5. The largest absolute Gasteiger partial charge is 0.550 e. The number of carboxylic acid groups (broad SMARTS) is 1. The zero-order chi connectivity index (χ0) is 18.0. The van der Waals surface area contributed by atoms with Crippen molar-refractivity contribution in [2.45, 2.75) is 6.42 Å². The Bertz CT molecular complexity index is 911. The summed E-state index contributed by atoms with van der Waals surface area (Å²) in [5.41, 5.74) is 1.29. The summed E-state index contributed by atoms with van der Waals surface area (Å²) in [6, 6.07) is 9.32. The minimum atomic E-state index is -1.22. The number of para-hydroxylation sites is 1. The summed E-state index contributed by atoms with van der Waals surface area (Å²) in [5, 5.41) is 11.5. The molecule has 1 amide bonds. The number of aliphatic carboxylic acids is 1. The topological polar surface area (TPSA) is 82.6 Å². The van der Waals surface area contributed by atoms with Crippen LogP contribution < -0.4 is 9.84 Å². The first-order valence-corrected chi connectivity index (χ1v) is 8.61. The fraction of sp³-hybridized carbons (Fsp3) is 0.176. The molecule has 6 nitrogen and oxygen atoms in total. The van der Waals surface area contributed by atoms with Crippen LogP contribution in [0.15, 0.2) is 35.2 Å². The third kappa shape index (κ3) is 3.64. The maximum absolute atomic E-state index is 12.4. The van der Waals surface area contributed by atoms with E-state index in [1.165, 1.54) is 4.90 Å². The molecule has 1 aliphatic rings. The molecule has 0 unspecified atom stereocenters. The van der Waals surface area contributed by atoms with E-state index < -0.39 is 5.97 Å². The fourth-order valence-corrected chi connectivity index (χ4v) is 3.70. The van der Waals surface area contributed by atoms with Crippen LogP contribution in [0.2, 0.25) is 0 Å². The lowest BCUT2D eigenvalue weighted by Gasteiger charge is -2.14. The molecule has 25 heavy (non-hydrogen) atoms. The number of thiocarbonyl (C=S) groups is 1. The lowest BCUT2D eigenvalue weighted by molar-refractivity contribution is -0.305. The predicted molar refractivity (Wildman–Crippen MR) is 97.8 cm³/mol. The minimum Gasteiger partial charge on any atom is -0.550 e. The summed E-state index contributed by atoms with van der Waals surface area (Å²) >= 11 is 6.28. The van der Waals surface area contributed by atoms with Gasteiger partial charge in [-0.3, -0.25) is 9.69 Å². The number of aromatic nitrogens is 1. The van der Waals surface area contributed by atoms with E-state index in [0.717, 1.165) is 17.1 Å². The Hall–Kier alpha value is -2.45. The van der Waals surface area contributed by atoms with Crippen molar-refractivity contribution >= 4 is 57.2 Å². The molecule has 0 radical (unpaired) electrons. The van der Waals surface area contributed by atoms with Gasteiger partial charge in [-0.25, -0.2) is 4.98 Å². The Kier molecular flexibility index (Phi) is 5.00. The van der Waals surface area contributed by atoms with Crippen LogP contribution in [0.4, 0.5) is 0 Å². The quantitative estimate of drug-likeness (QED) is 0.581. The molecule has 8 heteroatoms. The van der Waals surface area contributed by atoms with Crippen LogP contribution in [0.25, 0.3) is 17.0 Å². The van der Waals surface area contributed by atoms with E-state index in [0.29, 0.717) is 26.2 Å². The monoisotopic (exact) mass is 373 g/mol. The van der Waals surface area contributed by atoms with Crippen molar-refractivity contribution in [1.29, 1.82) is 0 Å². The van der Waals surface area contributed by atoms with Crippen molar-refractivity contribution in [3.05, 3.63) is 40.9 Å². The lowest BCUT2D eigenvalue weighted by Crippen LogP contribution is -2.33. The molecule has 3 rings (SSSR count). The van der Waals surface area contributed by atoms with Gasteiger partial charge in [-0.15, -0.1) is 0 Å². The summed E-state index contributed by atoms with van der Waals surface area (Å²) < 4.78 is 5.65. The second kappa shape index (κ2) is 7.20. The molecule has 1 aliphatic heterocycles. The molecular formula is C17H13N2O4S2-. The summed E-state index contributed by atoms with van der Waals surface area (Å²) in [5.74, 6) is -0.895. The van der Waals surface area contributed by atoms with Gasteiger partial charge in [-0.2, -0.15) is 0 Å². The molecule has 1 aromatic heterocycles. The average Bonchev–Trinajstić information content (AvgIpc) is 2.85. The second-order valence-electron chi connectivity index (χ2n) is 5.22. The van der Waals surface area contributed by atoms with Crippen molar-refractivity contribution in [1.82, 2.24) is 9.88 Å². The lowest BCUT2D eigenvalue weighted by atomic mass is 10.2. The van der Waals surface area contributed by atoms with Gasteiger partial charge in [0.1, 0.15) is 15.6 Å². The average molecular weight is 373 g/mol. The molecular weight excluding hydrogens is 360 g/mol. The second-order valence-corrected chi connectivity index (χ2v) is 6.90. The maximum atomic E-state index is 12.4. The number of carboxylic acids is 1. The molecule has 0 spiro atoms. The molecule has 0 atom stereocenters. The molecule has 1 aromatic carbocycles. The number of carbonyl (C=O) groups is 2. The van der Waals surface area contributed by atoms with E-state index in [-0.39, 0.29) is 18.9 Å². The number of benzene rings is 1. The SMILES string of the molecule is COc1cccc2ccc(/C=C3\SC(=S)N(CCC(=O)[O-])C3=O)nc12. The number of amides is 1. The van der Waals surface area contributed by atoms with E-state index >= 15 is 0 Å². The first-order valence-electron chi connectivity index (χ1n) is 7.38. The van der Waals surface area contributed by atoms with Gasteiger partial charge in [0, 0.05) is 24.3 Å². The molecule has 0 N–H and O–H groups in total. The molecule has 0 aliphatic carbocycles. The smallest absolute Gasteiger partial charge is 0.266 e. The van der Waals surface area contributed by atoms with Crippen LogP contribution in [0.3, 0.4) is 0 Å². The summed E-state index contributed by atoms with van der Waals surface area (Å²) in [6.07, 6.45) is 1.38. The maximum Gasteiger partial charge on any atom is 0.266 e. The summed E-state index contributed by atoms with van der Waals surface area (Å²) in [6.45, 7) is 0.00329. The van der Waals surface area contributed by atoms with Crippen molar-refractivity contribution in [2.24, 2.45) is 0 Å². The number of nitrogens with zero attached hydrogens (tertiary/aromatic N) is 2. The van der Waals surface area contributed by atoms with E-state index in [1.807, 2.05) is 24.3 Å². The number of ether oxygens (including phenoxy) is 1. The number of thioether (sulfide) groups is 1. The normalized spacial score (nSPS) is 16.0. The third-order valence-corrected chi connectivity index (χ3v) is 4.99. The van der Waals surface area contributed by atoms with E-state index in [1.54, 1.807) is 19.3 Å². The number of pyridine rings is 1. The molecule has 1 saturated heterocycles. The number of fused-ring (bicyclic) bond motifs is 1. The zero-order valence-electron chi connectivity index (χ0n) is 13.2. The molecule has 0 saturated carbocycles. The highest BCUT2D eigenvalue weighted by Crippen LogP contribution is 2.33. The van der Waals surface area contributed by atoms with E-state index in [2.05, 4.69) is 4.98 Å². The Morgan fingerprint density at radius 1 is 1.40 bits per heavy atom. The van der Waals surface area contributed by atoms with Gasteiger partial charge in [0.25, 0.3) is 5.91 Å². The summed E-state index contributed by atoms with van der Waals surface area (Å²) in [7, 11) is 1.57. The van der Waals surface area contributed by atoms with Crippen LogP contribution in [-0.2, 0) is 9.59 Å².